The number of unbranched alkanes of at least 4 members (excludes halogenated alkanes) is 1. The van der Waals surface area contributed by atoms with Gasteiger partial charge in [0.05, 0.1) is 12.2 Å². The molecule has 0 heterocycles. The van der Waals surface area contributed by atoms with Crippen LogP contribution in [0.2, 0.25) is 0 Å². The maximum Gasteiger partial charge on any atom is 0.172 e. The van der Waals surface area contributed by atoms with Crippen LogP contribution < -0.4 is 4.74 Å². The standard InChI is InChI=1S/C11H11BrFNO/c1-2-3-4-15-11-8(7-14)5-9(12)6-10(11)13/h5-6H,2-4H2,1H3. The zero-order valence-corrected chi connectivity index (χ0v) is 9.97. The molecule has 0 aliphatic rings. The van der Waals surface area contributed by atoms with Gasteiger partial charge in [-0.3, -0.25) is 0 Å². The maximum atomic E-state index is 13.4. The van der Waals surface area contributed by atoms with Crippen LogP contribution in [0.5, 0.6) is 5.75 Å². The van der Waals surface area contributed by atoms with Crippen LogP contribution in [-0.4, -0.2) is 6.61 Å². The second kappa shape index (κ2) is 5.72. The summed E-state index contributed by atoms with van der Waals surface area (Å²) in [6.07, 6.45) is 1.82. The average molecular weight is 272 g/mol. The van der Waals surface area contributed by atoms with Gasteiger partial charge < -0.3 is 4.74 Å². The lowest BCUT2D eigenvalue weighted by atomic mass is 10.2. The Hall–Kier alpha value is -1.08. The van der Waals surface area contributed by atoms with Crippen LogP contribution in [0.15, 0.2) is 16.6 Å². The smallest absolute Gasteiger partial charge is 0.172 e. The summed E-state index contributed by atoms with van der Waals surface area (Å²) < 4.78 is 19.2. The first-order valence-electron chi connectivity index (χ1n) is 4.71. The number of rotatable bonds is 4. The summed E-state index contributed by atoms with van der Waals surface area (Å²) in [7, 11) is 0. The highest BCUT2D eigenvalue weighted by Gasteiger charge is 2.11. The first-order chi connectivity index (χ1) is 7.19. The molecule has 0 aromatic heterocycles. The highest BCUT2D eigenvalue weighted by Crippen LogP contribution is 2.26. The molecule has 15 heavy (non-hydrogen) atoms. The third-order valence-electron chi connectivity index (χ3n) is 1.87. The Kier molecular flexibility index (Phi) is 4.57. The maximum absolute atomic E-state index is 13.4. The fraction of sp³-hybridized carbons (Fsp3) is 0.364. The number of benzene rings is 1. The van der Waals surface area contributed by atoms with Gasteiger partial charge in [0.1, 0.15) is 6.07 Å². The minimum Gasteiger partial charge on any atom is -0.489 e. The first-order valence-corrected chi connectivity index (χ1v) is 5.50. The van der Waals surface area contributed by atoms with E-state index in [1.807, 2.05) is 13.0 Å². The van der Waals surface area contributed by atoms with Crippen LogP contribution in [0, 0.1) is 17.1 Å². The SMILES string of the molecule is CCCCOc1c(F)cc(Br)cc1C#N. The van der Waals surface area contributed by atoms with Crippen molar-refractivity contribution in [1.82, 2.24) is 0 Å². The monoisotopic (exact) mass is 271 g/mol. The van der Waals surface area contributed by atoms with Crippen LogP contribution in [-0.2, 0) is 0 Å². The van der Waals surface area contributed by atoms with Gasteiger partial charge in [0.2, 0.25) is 0 Å². The molecule has 0 saturated heterocycles. The number of nitrogens with zero attached hydrogens (tertiary/aromatic N) is 1. The van der Waals surface area contributed by atoms with Crippen LogP contribution in [0.4, 0.5) is 4.39 Å². The third-order valence-corrected chi connectivity index (χ3v) is 2.33. The summed E-state index contributed by atoms with van der Waals surface area (Å²) in [4.78, 5) is 0. The van der Waals surface area contributed by atoms with Crippen LogP contribution >= 0.6 is 15.9 Å². The van der Waals surface area contributed by atoms with E-state index in [0.29, 0.717) is 11.1 Å². The van der Waals surface area contributed by atoms with Crippen molar-refractivity contribution in [2.24, 2.45) is 0 Å². The number of ether oxygens (including phenoxy) is 1. The number of nitriles is 1. The quantitative estimate of drug-likeness (QED) is 0.784. The minimum absolute atomic E-state index is 0.0501. The highest BCUT2D eigenvalue weighted by atomic mass is 79.9. The van der Waals surface area contributed by atoms with E-state index in [2.05, 4.69) is 15.9 Å². The van der Waals surface area contributed by atoms with E-state index in [0.717, 1.165) is 12.8 Å². The van der Waals surface area contributed by atoms with E-state index in [4.69, 9.17) is 10.00 Å². The van der Waals surface area contributed by atoms with Gasteiger partial charge in [-0.1, -0.05) is 29.3 Å². The van der Waals surface area contributed by atoms with Gasteiger partial charge in [-0.2, -0.15) is 5.26 Å². The molecule has 0 saturated carbocycles. The lowest BCUT2D eigenvalue weighted by Crippen LogP contribution is -2.01. The van der Waals surface area contributed by atoms with E-state index >= 15 is 0 Å². The Morgan fingerprint density at radius 2 is 2.27 bits per heavy atom. The second-order valence-corrected chi connectivity index (χ2v) is 3.99. The molecule has 0 aliphatic carbocycles. The fourth-order valence-corrected chi connectivity index (χ4v) is 1.54. The summed E-state index contributed by atoms with van der Waals surface area (Å²) in [5.74, 6) is -0.453. The molecule has 1 aromatic carbocycles. The van der Waals surface area contributed by atoms with Gasteiger partial charge >= 0.3 is 0 Å². The lowest BCUT2D eigenvalue weighted by molar-refractivity contribution is 0.293. The largest absolute Gasteiger partial charge is 0.489 e. The van der Waals surface area contributed by atoms with Gasteiger partial charge in [0.25, 0.3) is 0 Å². The molecule has 80 valence electrons. The molecule has 0 amide bonds. The molecule has 0 aliphatic heterocycles. The molecule has 1 aromatic rings. The molecule has 4 heteroatoms. The van der Waals surface area contributed by atoms with Crippen LogP contribution in [0.25, 0.3) is 0 Å². The van der Waals surface area contributed by atoms with E-state index in [1.54, 1.807) is 6.07 Å². The van der Waals surface area contributed by atoms with Crippen molar-refractivity contribution in [2.45, 2.75) is 19.8 Å². The van der Waals surface area contributed by atoms with Gasteiger partial charge in [0, 0.05) is 4.47 Å². The van der Waals surface area contributed by atoms with Gasteiger partial charge in [-0.05, 0) is 18.6 Å². The van der Waals surface area contributed by atoms with E-state index in [-0.39, 0.29) is 11.3 Å². The average Bonchev–Trinajstić information content (AvgIpc) is 2.20. The third kappa shape index (κ3) is 3.21. The molecule has 0 fully saturated rings. The molecular weight excluding hydrogens is 261 g/mol. The van der Waals surface area contributed by atoms with Crippen molar-refractivity contribution >= 4 is 15.9 Å². The Bertz CT molecular complexity index is 387. The number of hydrogen-bond acceptors (Lipinski definition) is 2. The number of halogens is 2. The van der Waals surface area contributed by atoms with Crippen LogP contribution in [0.1, 0.15) is 25.3 Å². The Morgan fingerprint density at radius 3 is 2.87 bits per heavy atom. The summed E-state index contributed by atoms with van der Waals surface area (Å²) in [5, 5.41) is 8.81. The molecule has 0 spiro atoms. The fourth-order valence-electron chi connectivity index (χ4n) is 1.11. The molecule has 0 unspecified atom stereocenters. The minimum atomic E-state index is -0.503. The van der Waals surface area contributed by atoms with Gasteiger partial charge in [-0.25, -0.2) is 4.39 Å². The zero-order chi connectivity index (χ0) is 11.3. The normalized spacial score (nSPS) is 9.73. The molecule has 0 radical (unpaired) electrons. The zero-order valence-electron chi connectivity index (χ0n) is 8.39. The highest BCUT2D eigenvalue weighted by molar-refractivity contribution is 9.10. The van der Waals surface area contributed by atoms with Crippen molar-refractivity contribution in [3.8, 4) is 11.8 Å². The molecule has 1 rings (SSSR count). The Morgan fingerprint density at radius 1 is 1.53 bits per heavy atom. The van der Waals surface area contributed by atoms with Gasteiger partial charge in [-0.15, -0.1) is 0 Å². The van der Waals surface area contributed by atoms with Crippen molar-refractivity contribution in [1.29, 1.82) is 5.26 Å². The Balaban J connectivity index is 2.90. The summed E-state index contributed by atoms with van der Waals surface area (Å²) in [6, 6.07) is 4.75. The molecule has 0 N–H and O–H groups in total. The summed E-state index contributed by atoms with van der Waals surface area (Å²) >= 11 is 3.12. The second-order valence-electron chi connectivity index (χ2n) is 3.08. The van der Waals surface area contributed by atoms with Gasteiger partial charge in [0.15, 0.2) is 11.6 Å². The van der Waals surface area contributed by atoms with E-state index < -0.39 is 5.82 Å². The van der Waals surface area contributed by atoms with E-state index in [9.17, 15) is 4.39 Å². The summed E-state index contributed by atoms with van der Waals surface area (Å²) in [6.45, 7) is 2.45. The van der Waals surface area contributed by atoms with Crippen molar-refractivity contribution in [2.75, 3.05) is 6.61 Å². The van der Waals surface area contributed by atoms with Crippen molar-refractivity contribution in [3.63, 3.8) is 0 Å². The molecule has 0 bridgehead atoms. The molecule has 2 nitrogen and oxygen atoms in total. The van der Waals surface area contributed by atoms with Crippen molar-refractivity contribution in [3.05, 3.63) is 28.0 Å². The predicted octanol–water partition coefficient (Wildman–Crippen LogP) is 3.64. The summed E-state index contributed by atoms with van der Waals surface area (Å²) in [5.41, 5.74) is 0.220. The van der Waals surface area contributed by atoms with Crippen LogP contribution in [0.3, 0.4) is 0 Å². The van der Waals surface area contributed by atoms with Crippen molar-refractivity contribution < 1.29 is 9.13 Å². The first kappa shape index (κ1) is 12.0. The topological polar surface area (TPSA) is 33.0 Å². The van der Waals surface area contributed by atoms with E-state index in [1.165, 1.54) is 6.07 Å². The number of hydrogen-bond donors (Lipinski definition) is 0. The molecular formula is C11H11BrFNO. The lowest BCUT2D eigenvalue weighted by Gasteiger charge is -2.08. The molecule has 0 atom stereocenters. The Labute approximate surface area is 96.8 Å². The predicted molar refractivity (Wildman–Crippen MR) is 59.2 cm³/mol.